The van der Waals surface area contributed by atoms with Gasteiger partial charge in [-0.05, 0) is 12.1 Å². The van der Waals surface area contributed by atoms with Gasteiger partial charge in [0.2, 0.25) is 0 Å². The van der Waals surface area contributed by atoms with Crippen molar-refractivity contribution >= 4 is 56.5 Å². The summed E-state index contributed by atoms with van der Waals surface area (Å²) < 4.78 is 2.30. The minimum absolute atomic E-state index is 1.15. The van der Waals surface area contributed by atoms with Crippen molar-refractivity contribution in [3.63, 3.8) is 0 Å². The minimum Gasteiger partial charge on any atom is -0.144 e. The molecule has 0 amide bonds. The van der Waals surface area contributed by atoms with E-state index in [1.807, 2.05) is 11.3 Å². The monoisotopic (exact) mass is 364 g/mol. The number of halogens is 2. The molecule has 0 nitrogen and oxygen atoms in total. The van der Waals surface area contributed by atoms with Gasteiger partial charge in [-0.3, -0.25) is 0 Å². The molecule has 0 aliphatic heterocycles. The van der Waals surface area contributed by atoms with E-state index in [2.05, 4.69) is 57.3 Å². The summed E-state index contributed by atoms with van der Waals surface area (Å²) in [6, 6.07) is 4.43. The Balaban J connectivity index is 2.74. The molecule has 0 saturated heterocycles. The lowest BCUT2D eigenvalue weighted by Gasteiger charge is -1.82. The SMILES string of the molecule is ICc1ccc(CI)s1. The molecule has 1 aromatic rings. The molecule has 1 rings (SSSR count). The third kappa shape index (κ3) is 2.34. The van der Waals surface area contributed by atoms with Gasteiger partial charge in [0.25, 0.3) is 0 Å². The zero-order valence-electron chi connectivity index (χ0n) is 4.73. The van der Waals surface area contributed by atoms with Gasteiger partial charge in [-0.25, -0.2) is 0 Å². The summed E-state index contributed by atoms with van der Waals surface area (Å²) in [5, 5.41) is 0. The van der Waals surface area contributed by atoms with Crippen LogP contribution < -0.4 is 0 Å². The second kappa shape index (κ2) is 4.12. The first kappa shape index (κ1) is 8.26. The fourth-order valence-corrected chi connectivity index (χ4v) is 2.73. The molecule has 0 saturated carbocycles. The lowest BCUT2D eigenvalue weighted by Crippen LogP contribution is -1.60. The quantitative estimate of drug-likeness (QED) is 0.556. The summed E-state index contributed by atoms with van der Waals surface area (Å²) in [5.74, 6) is 0. The lowest BCUT2D eigenvalue weighted by molar-refractivity contribution is 1.59. The van der Waals surface area contributed by atoms with E-state index in [9.17, 15) is 0 Å². The smallest absolute Gasteiger partial charge is 0.0341 e. The normalized spacial score (nSPS) is 10.0. The number of hydrogen-bond acceptors (Lipinski definition) is 1. The molecule has 0 aromatic carbocycles. The first-order valence-electron chi connectivity index (χ1n) is 2.56. The average Bonchev–Trinajstić information content (AvgIpc) is 2.34. The molecule has 0 aliphatic rings. The van der Waals surface area contributed by atoms with Crippen LogP contribution in [-0.4, -0.2) is 0 Å². The van der Waals surface area contributed by atoms with Crippen LogP contribution in [0.4, 0.5) is 0 Å². The van der Waals surface area contributed by atoms with Crippen molar-refractivity contribution in [1.82, 2.24) is 0 Å². The van der Waals surface area contributed by atoms with E-state index in [4.69, 9.17) is 0 Å². The Morgan fingerprint density at radius 3 is 1.78 bits per heavy atom. The third-order valence-electron chi connectivity index (χ3n) is 0.981. The highest BCUT2D eigenvalue weighted by Crippen LogP contribution is 2.20. The molecular weight excluding hydrogens is 358 g/mol. The van der Waals surface area contributed by atoms with Crippen LogP contribution in [0.3, 0.4) is 0 Å². The molecule has 0 aliphatic carbocycles. The summed E-state index contributed by atoms with van der Waals surface area (Å²) in [4.78, 5) is 2.98. The van der Waals surface area contributed by atoms with Gasteiger partial charge in [0.1, 0.15) is 0 Å². The first-order valence-corrected chi connectivity index (χ1v) is 6.43. The molecule has 0 unspecified atom stereocenters. The number of thiophene rings is 1. The third-order valence-corrected chi connectivity index (χ3v) is 4.74. The van der Waals surface area contributed by atoms with Gasteiger partial charge in [-0.15, -0.1) is 11.3 Å². The van der Waals surface area contributed by atoms with Crippen molar-refractivity contribution in [3.05, 3.63) is 21.9 Å². The highest BCUT2D eigenvalue weighted by molar-refractivity contribution is 14.1. The van der Waals surface area contributed by atoms with E-state index in [1.54, 1.807) is 0 Å². The van der Waals surface area contributed by atoms with E-state index in [0.29, 0.717) is 0 Å². The summed E-state index contributed by atoms with van der Waals surface area (Å²) in [6.07, 6.45) is 0. The topological polar surface area (TPSA) is 0 Å². The Kier molecular flexibility index (Phi) is 3.78. The van der Waals surface area contributed by atoms with Crippen LogP contribution in [0, 0.1) is 0 Å². The van der Waals surface area contributed by atoms with E-state index < -0.39 is 0 Å². The molecular formula is C6H6I2S. The van der Waals surface area contributed by atoms with Crippen LogP contribution >= 0.6 is 56.5 Å². The molecule has 1 heterocycles. The predicted molar refractivity (Wildman–Crippen MR) is 59.8 cm³/mol. The summed E-state index contributed by atoms with van der Waals surface area (Å²) >= 11 is 6.70. The van der Waals surface area contributed by atoms with Crippen LogP contribution in [0.1, 0.15) is 9.75 Å². The highest BCUT2D eigenvalue weighted by Gasteiger charge is 1.94. The van der Waals surface area contributed by atoms with Gasteiger partial charge in [0, 0.05) is 18.6 Å². The van der Waals surface area contributed by atoms with Crippen molar-refractivity contribution < 1.29 is 0 Å². The van der Waals surface area contributed by atoms with Crippen molar-refractivity contribution in [3.8, 4) is 0 Å². The van der Waals surface area contributed by atoms with Gasteiger partial charge < -0.3 is 0 Å². The molecule has 0 fully saturated rings. The molecule has 1 aromatic heterocycles. The van der Waals surface area contributed by atoms with Gasteiger partial charge >= 0.3 is 0 Å². The second-order valence-electron chi connectivity index (χ2n) is 1.64. The number of alkyl halides is 2. The maximum Gasteiger partial charge on any atom is 0.0341 e. The maximum absolute atomic E-state index is 2.39. The first-order chi connectivity index (χ1) is 4.36. The van der Waals surface area contributed by atoms with E-state index in [0.717, 1.165) is 8.86 Å². The molecule has 0 atom stereocenters. The molecule has 9 heavy (non-hydrogen) atoms. The largest absolute Gasteiger partial charge is 0.144 e. The summed E-state index contributed by atoms with van der Waals surface area (Å²) in [5.41, 5.74) is 0. The van der Waals surface area contributed by atoms with Gasteiger partial charge in [-0.2, -0.15) is 0 Å². The fraction of sp³-hybridized carbons (Fsp3) is 0.333. The van der Waals surface area contributed by atoms with Crippen LogP contribution in [0.2, 0.25) is 0 Å². The number of hydrogen-bond donors (Lipinski definition) is 0. The minimum atomic E-state index is 1.15. The molecule has 50 valence electrons. The molecule has 3 heteroatoms. The Bertz CT molecular complexity index is 164. The lowest BCUT2D eigenvalue weighted by atomic mass is 10.5. The van der Waals surface area contributed by atoms with E-state index >= 15 is 0 Å². The second-order valence-corrected chi connectivity index (χ2v) is 4.41. The Labute approximate surface area is 86.3 Å². The van der Waals surface area contributed by atoms with Crippen molar-refractivity contribution in [2.75, 3.05) is 0 Å². The van der Waals surface area contributed by atoms with Gasteiger partial charge in [0.15, 0.2) is 0 Å². The van der Waals surface area contributed by atoms with E-state index in [-0.39, 0.29) is 0 Å². The highest BCUT2D eigenvalue weighted by atomic mass is 127. The van der Waals surface area contributed by atoms with Crippen LogP contribution in [-0.2, 0) is 8.86 Å². The van der Waals surface area contributed by atoms with Crippen molar-refractivity contribution in [2.45, 2.75) is 8.86 Å². The van der Waals surface area contributed by atoms with E-state index in [1.165, 1.54) is 9.75 Å². The summed E-state index contributed by atoms with van der Waals surface area (Å²) in [6.45, 7) is 0. The summed E-state index contributed by atoms with van der Waals surface area (Å²) in [7, 11) is 0. The molecule has 0 spiro atoms. The standard InChI is InChI=1S/C6H6I2S/c7-3-5-1-2-6(4-8)9-5/h1-2H,3-4H2. The van der Waals surface area contributed by atoms with Crippen molar-refractivity contribution in [1.29, 1.82) is 0 Å². The average molecular weight is 364 g/mol. The van der Waals surface area contributed by atoms with Crippen molar-refractivity contribution in [2.24, 2.45) is 0 Å². The Hall–Kier alpha value is 1.16. The van der Waals surface area contributed by atoms with Gasteiger partial charge in [-0.1, -0.05) is 45.2 Å². The molecule has 0 bridgehead atoms. The predicted octanol–water partition coefficient (Wildman–Crippen LogP) is 3.62. The molecule has 0 N–H and O–H groups in total. The zero-order valence-corrected chi connectivity index (χ0v) is 9.86. The molecule has 0 radical (unpaired) electrons. The van der Waals surface area contributed by atoms with Crippen LogP contribution in [0.5, 0.6) is 0 Å². The fourth-order valence-electron chi connectivity index (χ4n) is 0.566. The van der Waals surface area contributed by atoms with Crippen LogP contribution in [0.25, 0.3) is 0 Å². The number of rotatable bonds is 2. The van der Waals surface area contributed by atoms with Gasteiger partial charge in [0.05, 0.1) is 0 Å². The Morgan fingerprint density at radius 2 is 1.56 bits per heavy atom. The zero-order chi connectivity index (χ0) is 6.69. The maximum atomic E-state index is 2.39. The Morgan fingerprint density at radius 1 is 1.11 bits per heavy atom. The van der Waals surface area contributed by atoms with Crippen LogP contribution in [0.15, 0.2) is 12.1 Å².